The number of aromatic nitrogens is 1. The Balaban J connectivity index is 1.25. The van der Waals surface area contributed by atoms with Crippen molar-refractivity contribution < 1.29 is 23.6 Å². The highest BCUT2D eigenvalue weighted by molar-refractivity contribution is 6.35. The van der Waals surface area contributed by atoms with Gasteiger partial charge in [-0.05, 0) is 42.9 Å². The third-order valence-electron chi connectivity index (χ3n) is 5.51. The summed E-state index contributed by atoms with van der Waals surface area (Å²) in [7, 11) is 1.50. The molecule has 1 saturated carbocycles. The lowest BCUT2D eigenvalue weighted by Gasteiger charge is -2.20. The maximum absolute atomic E-state index is 12.4. The molecule has 1 N–H and O–H groups in total. The van der Waals surface area contributed by atoms with Gasteiger partial charge in [0.25, 0.3) is 5.91 Å². The predicted octanol–water partition coefficient (Wildman–Crippen LogP) is 3.77. The Morgan fingerprint density at radius 2 is 1.97 bits per heavy atom. The molecule has 2 fully saturated rings. The smallest absolute Gasteiger partial charge is 0.410 e. The quantitative estimate of drug-likeness (QED) is 0.740. The molecular formula is C20H21Cl2N3O5. The summed E-state index contributed by atoms with van der Waals surface area (Å²) in [5.41, 5.74) is 0.145. The van der Waals surface area contributed by atoms with Crippen molar-refractivity contribution in [2.24, 2.45) is 11.8 Å². The number of hydrogen-bond acceptors (Lipinski definition) is 6. The minimum atomic E-state index is -0.402. The maximum Gasteiger partial charge on any atom is 0.410 e. The SMILES string of the molecule is CNC(=O)c1cc(COC(=O)N2C[C@H]3CC(Oc4ccc(Cl)cc4Cl)C[C@H]3C2)on1. The second-order valence-electron chi connectivity index (χ2n) is 7.52. The topological polar surface area (TPSA) is 93.9 Å². The molecule has 0 radical (unpaired) electrons. The number of likely N-dealkylation sites (tertiary alicyclic amines) is 1. The molecule has 160 valence electrons. The van der Waals surface area contributed by atoms with Gasteiger partial charge in [-0.15, -0.1) is 0 Å². The van der Waals surface area contributed by atoms with Crippen LogP contribution in [0.25, 0.3) is 0 Å². The molecule has 10 heteroatoms. The molecule has 30 heavy (non-hydrogen) atoms. The average molecular weight is 454 g/mol. The number of carbonyl (C=O) groups is 2. The molecule has 8 nitrogen and oxygen atoms in total. The third kappa shape index (κ3) is 4.49. The number of ether oxygens (including phenoxy) is 2. The van der Waals surface area contributed by atoms with Crippen LogP contribution in [0.1, 0.15) is 29.1 Å². The summed E-state index contributed by atoms with van der Waals surface area (Å²) in [6.45, 7) is 1.17. The summed E-state index contributed by atoms with van der Waals surface area (Å²) < 4.78 is 16.4. The second-order valence-corrected chi connectivity index (χ2v) is 8.37. The first-order valence-corrected chi connectivity index (χ1v) is 10.4. The van der Waals surface area contributed by atoms with Crippen LogP contribution in [0, 0.1) is 11.8 Å². The van der Waals surface area contributed by atoms with Gasteiger partial charge in [-0.3, -0.25) is 4.79 Å². The van der Waals surface area contributed by atoms with Crippen molar-refractivity contribution in [2.45, 2.75) is 25.6 Å². The monoisotopic (exact) mass is 453 g/mol. The molecule has 1 aromatic heterocycles. The van der Waals surface area contributed by atoms with E-state index >= 15 is 0 Å². The van der Waals surface area contributed by atoms with Crippen molar-refractivity contribution in [2.75, 3.05) is 20.1 Å². The Bertz CT molecular complexity index is 936. The van der Waals surface area contributed by atoms with Crippen molar-refractivity contribution in [3.63, 3.8) is 0 Å². The number of fused-ring (bicyclic) bond motifs is 1. The van der Waals surface area contributed by atoms with Crippen LogP contribution in [0.15, 0.2) is 28.8 Å². The van der Waals surface area contributed by atoms with Gasteiger partial charge in [0.15, 0.2) is 18.1 Å². The summed E-state index contributed by atoms with van der Waals surface area (Å²) in [5, 5.41) is 7.16. The molecule has 2 amide bonds. The highest BCUT2D eigenvalue weighted by Crippen LogP contribution is 2.41. The fraction of sp³-hybridized carbons (Fsp3) is 0.450. The third-order valence-corrected chi connectivity index (χ3v) is 6.04. The normalized spacial score (nSPS) is 22.6. The lowest BCUT2D eigenvalue weighted by atomic mass is 10.0. The van der Waals surface area contributed by atoms with Crippen LogP contribution in [0.4, 0.5) is 4.79 Å². The van der Waals surface area contributed by atoms with E-state index in [-0.39, 0.29) is 24.3 Å². The zero-order chi connectivity index (χ0) is 21.3. The number of amides is 2. The fourth-order valence-electron chi connectivity index (χ4n) is 4.08. The average Bonchev–Trinajstić information content (AvgIpc) is 3.42. The number of rotatable bonds is 5. The predicted molar refractivity (Wildman–Crippen MR) is 109 cm³/mol. The van der Waals surface area contributed by atoms with Crippen LogP contribution < -0.4 is 10.1 Å². The van der Waals surface area contributed by atoms with Gasteiger partial charge in [0.1, 0.15) is 5.75 Å². The van der Waals surface area contributed by atoms with Crippen molar-refractivity contribution in [1.82, 2.24) is 15.4 Å². The first-order valence-electron chi connectivity index (χ1n) is 9.64. The molecule has 1 saturated heterocycles. The molecule has 1 aromatic carbocycles. The van der Waals surface area contributed by atoms with Crippen LogP contribution in [0.3, 0.4) is 0 Å². The largest absolute Gasteiger partial charge is 0.489 e. The number of hydrogen-bond donors (Lipinski definition) is 1. The van der Waals surface area contributed by atoms with E-state index in [1.54, 1.807) is 23.1 Å². The number of carbonyl (C=O) groups excluding carboxylic acids is 2. The summed E-state index contributed by atoms with van der Waals surface area (Å²) in [6.07, 6.45) is 1.37. The first-order chi connectivity index (χ1) is 14.4. The Hall–Kier alpha value is -2.45. The van der Waals surface area contributed by atoms with E-state index in [9.17, 15) is 9.59 Å². The van der Waals surface area contributed by atoms with Crippen LogP contribution >= 0.6 is 23.2 Å². The Kier molecular flexibility index (Phi) is 6.06. The van der Waals surface area contributed by atoms with Crippen LogP contribution in [-0.4, -0.2) is 48.3 Å². The number of halogens is 2. The highest BCUT2D eigenvalue weighted by Gasteiger charge is 2.43. The summed E-state index contributed by atoms with van der Waals surface area (Å²) in [5.74, 6) is 1.30. The lowest BCUT2D eigenvalue weighted by Crippen LogP contribution is -2.31. The van der Waals surface area contributed by atoms with Crippen LogP contribution in [0.5, 0.6) is 5.75 Å². The van der Waals surface area contributed by atoms with Gasteiger partial charge in [-0.25, -0.2) is 4.79 Å². The fourth-order valence-corrected chi connectivity index (χ4v) is 4.53. The summed E-state index contributed by atoms with van der Waals surface area (Å²) >= 11 is 12.1. The zero-order valence-electron chi connectivity index (χ0n) is 16.3. The molecule has 1 aliphatic carbocycles. The van der Waals surface area contributed by atoms with E-state index in [1.165, 1.54) is 13.1 Å². The highest BCUT2D eigenvalue weighted by atomic mass is 35.5. The van der Waals surface area contributed by atoms with Gasteiger partial charge >= 0.3 is 6.09 Å². The van der Waals surface area contributed by atoms with E-state index in [4.69, 9.17) is 37.2 Å². The molecule has 0 bridgehead atoms. The Morgan fingerprint density at radius 3 is 2.63 bits per heavy atom. The summed E-state index contributed by atoms with van der Waals surface area (Å²) in [4.78, 5) is 25.6. The number of nitrogens with zero attached hydrogens (tertiary/aromatic N) is 2. The van der Waals surface area contributed by atoms with Crippen molar-refractivity contribution in [3.05, 3.63) is 45.8 Å². The van der Waals surface area contributed by atoms with Gasteiger partial charge in [0.2, 0.25) is 0 Å². The molecule has 2 heterocycles. The van der Waals surface area contributed by atoms with Gasteiger partial charge < -0.3 is 24.2 Å². The Morgan fingerprint density at radius 1 is 1.23 bits per heavy atom. The minimum absolute atomic E-state index is 0.0640. The molecule has 2 aromatic rings. The molecule has 3 atom stereocenters. The van der Waals surface area contributed by atoms with Crippen molar-refractivity contribution in [3.8, 4) is 5.75 Å². The minimum Gasteiger partial charge on any atom is -0.489 e. The van der Waals surface area contributed by atoms with Crippen molar-refractivity contribution in [1.29, 1.82) is 0 Å². The molecule has 1 aliphatic heterocycles. The van der Waals surface area contributed by atoms with Crippen LogP contribution in [0.2, 0.25) is 10.0 Å². The molecular weight excluding hydrogens is 433 g/mol. The maximum atomic E-state index is 12.4. The standard InChI is InChI=1S/C20H21Cl2N3O5/c1-23-19(26)17-7-15(30-24-17)10-28-20(27)25-8-11-4-14(5-12(11)9-25)29-18-3-2-13(21)6-16(18)22/h2-3,6-7,11-12,14H,4-5,8-10H2,1H3,(H,23,26)/t11-,12+,14?. The van der Waals surface area contributed by atoms with E-state index in [0.29, 0.717) is 46.5 Å². The second kappa shape index (κ2) is 8.73. The molecule has 4 rings (SSSR count). The molecule has 1 unspecified atom stereocenters. The van der Waals surface area contributed by atoms with E-state index < -0.39 is 6.09 Å². The Labute approximate surface area is 183 Å². The van der Waals surface area contributed by atoms with Gasteiger partial charge in [-0.2, -0.15) is 0 Å². The first kappa shape index (κ1) is 20.8. The lowest BCUT2D eigenvalue weighted by molar-refractivity contribution is 0.0896. The number of nitrogens with one attached hydrogen (secondary N) is 1. The van der Waals surface area contributed by atoms with E-state index in [1.807, 2.05) is 0 Å². The van der Waals surface area contributed by atoms with Gasteiger partial charge in [0, 0.05) is 31.2 Å². The van der Waals surface area contributed by atoms with Crippen molar-refractivity contribution >= 4 is 35.2 Å². The van der Waals surface area contributed by atoms with E-state index in [2.05, 4.69) is 10.5 Å². The molecule has 0 spiro atoms. The molecule has 2 aliphatic rings. The zero-order valence-corrected chi connectivity index (χ0v) is 17.8. The van der Waals surface area contributed by atoms with Gasteiger partial charge in [-0.1, -0.05) is 28.4 Å². The van der Waals surface area contributed by atoms with E-state index in [0.717, 1.165) is 12.8 Å². The van der Waals surface area contributed by atoms with Gasteiger partial charge in [0.05, 0.1) is 11.1 Å². The number of benzene rings is 1. The van der Waals surface area contributed by atoms with Crippen LogP contribution in [-0.2, 0) is 11.3 Å². The summed E-state index contributed by atoms with van der Waals surface area (Å²) in [6, 6.07) is 6.65.